The summed E-state index contributed by atoms with van der Waals surface area (Å²) in [4.78, 5) is 36.3. The Hall–Kier alpha value is -2.71. The van der Waals surface area contributed by atoms with Crippen molar-refractivity contribution in [3.8, 4) is 11.3 Å². The molecule has 8 nitrogen and oxygen atoms in total. The lowest BCUT2D eigenvalue weighted by atomic mass is 9.84. The van der Waals surface area contributed by atoms with Gasteiger partial charge in [-0.25, -0.2) is 9.97 Å². The van der Waals surface area contributed by atoms with Gasteiger partial charge in [0.05, 0.1) is 16.9 Å². The lowest BCUT2D eigenvalue weighted by Crippen LogP contribution is -2.44. The number of carbonyl (C=O) groups excluding carboxylic acids is 2. The van der Waals surface area contributed by atoms with E-state index < -0.39 is 0 Å². The molecule has 2 amide bonds. The predicted molar refractivity (Wildman–Crippen MR) is 143 cm³/mol. The number of carbonyl (C=O) groups is 2. The van der Waals surface area contributed by atoms with Crippen molar-refractivity contribution >= 4 is 29.4 Å². The molecule has 2 aliphatic heterocycles. The van der Waals surface area contributed by atoms with Gasteiger partial charge < -0.3 is 20.3 Å². The SMILES string of the molecule is CC(=O)NCC(CC1CCCCC1)N1Cc2ccc(-c3nc(NC4CCOCC4)ncc3Cl)cc2C1=O. The number of amides is 2. The molecule has 2 aromatic rings. The number of hydrogen-bond acceptors (Lipinski definition) is 6. The molecule has 0 radical (unpaired) electrons. The van der Waals surface area contributed by atoms with Crippen molar-refractivity contribution in [3.05, 3.63) is 40.5 Å². The minimum absolute atomic E-state index is 0.00810. The summed E-state index contributed by atoms with van der Waals surface area (Å²) in [6, 6.07) is 6.13. The summed E-state index contributed by atoms with van der Waals surface area (Å²) in [6.07, 6.45) is 10.5. The highest BCUT2D eigenvalue weighted by atomic mass is 35.5. The van der Waals surface area contributed by atoms with Crippen molar-refractivity contribution in [2.24, 2.45) is 5.92 Å². The van der Waals surface area contributed by atoms with Gasteiger partial charge in [0.1, 0.15) is 0 Å². The summed E-state index contributed by atoms with van der Waals surface area (Å²) < 4.78 is 5.44. The molecular formula is C28H36ClN5O3. The number of fused-ring (bicyclic) bond motifs is 1. The second kappa shape index (κ2) is 11.8. The fraction of sp³-hybridized carbons (Fsp3) is 0.571. The Morgan fingerprint density at radius 3 is 2.73 bits per heavy atom. The van der Waals surface area contributed by atoms with E-state index in [0.29, 0.717) is 41.2 Å². The van der Waals surface area contributed by atoms with Crippen LogP contribution in [0, 0.1) is 5.92 Å². The second-order valence-electron chi connectivity index (χ2n) is 10.6. The molecule has 9 heteroatoms. The molecular weight excluding hydrogens is 490 g/mol. The number of ether oxygens (including phenoxy) is 1. The Balaban J connectivity index is 1.35. The third kappa shape index (κ3) is 6.24. The average Bonchev–Trinajstić information content (AvgIpc) is 3.24. The molecule has 1 aromatic heterocycles. The summed E-state index contributed by atoms with van der Waals surface area (Å²) in [5, 5.41) is 6.80. The Bertz CT molecular complexity index is 1130. The van der Waals surface area contributed by atoms with E-state index in [1.807, 2.05) is 23.1 Å². The van der Waals surface area contributed by atoms with Gasteiger partial charge in [0.2, 0.25) is 11.9 Å². The zero-order valence-corrected chi connectivity index (χ0v) is 22.2. The summed E-state index contributed by atoms with van der Waals surface area (Å²) in [7, 11) is 0. The molecule has 1 saturated heterocycles. The monoisotopic (exact) mass is 525 g/mol. The first-order valence-electron chi connectivity index (χ1n) is 13.5. The van der Waals surface area contributed by atoms with Crippen molar-refractivity contribution in [1.82, 2.24) is 20.2 Å². The molecule has 1 aliphatic carbocycles. The molecule has 1 aromatic carbocycles. The zero-order valence-electron chi connectivity index (χ0n) is 21.5. The molecule has 2 N–H and O–H groups in total. The number of nitrogens with one attached hydrogen (secondary N) is 2. The van der Waals surface area contributed by atoms with Crippen molar-refractivity contribution in [2.45, 2.75) is 76.9 Å². The minimum atomic E-state index is -0.0661. The molecule has 37 heavy (non-hydrogen) atoms. The van der Waals surface area contributed by atoms with Crippen LogP contribution in [0.15, 0.2) is 24.4 Å². The van der Waals surface area contributed by atoms with Crippen LogP contribution in [0.5, 0.6) is 0 Å². The molecule has 3 heterocycles. The molecule has 1 unspecified atom stereocenters. The van der Waals surface area contributed by atoms with Crippen LogP contribution >= 0.6 is 11.6 Å². The largest absolute Gasteiger partial charge is 0.381 e. The molecule has 1 saturated carbocycles. The lowest BCUT2D eigenvalue weighted by Gasteiger charge is -2.32. The second-order valence-corrected chi connectivity index (χ2v) is 11.0. The van der Waals surface area contributed by atoms with Gasteiger partial charge in [0.25, 0.3) is 5.91 Å². The van der Waals surface area contributed by atoms with Crippen LogP contribution in [0.2, 0.25) is 5.02 Å². The summed E-state index contributed by atoms with van der Waals surface area (Å²) in [6.45, 7) is 4.02. The highest BCUT2D eigenvalue weighted by molar-refractivity contribution is 6.33. The first kappa shape index (κ1) is 25.9. The Morgan fingerprint density at radius 1 is 1.19 bits per heavy atom. The van der Waals surface area contributed by atoms with Gasteiger partial charge in [-0.2, -0.15) is 0 Å². The van der Waals surface area contributed by atoms with Crippen LogP contribution in [0.1, 0.15) is 74.2 Å². The molecule has 1 atom stereocenters. The fourth-order valence-corrected chi connectivity index (χ4v) is 6.02. The Morgan fingerprint density at radius 2 is 1.97 bits per heavy atom. The summed E-state index contributed by atoms with van der Waals surface area (Å²) >= 11 is 6.51. The maximum atomic E-state index is 13.6. The van der Waals surface area contributed by atoms with Crippen LogP contribution in [-0.4, -0.2) is 58.5 Å². The van der Waals surface area contributed by atoms with Crippen molar-refractivity contribution in [3.63, 3.8) is 0 Å². The van der Waals surface area contributed by atoms with E-state index in [1.165, 1.54) is 39.0 Å². The van der Waals surface area contributed by atoms with Gasteiger partial charge in [-0.3, -0.25) is 9.59 Å². The molecule has 5 rings (SSSR count). The number of halogens is 1. The molecule has 0 bridgehead atoms. The summed E-state index contributed by atoms with van der Waals surface area (Å²) in [5.74, 6) is 1.07. The highest BCUT2D eigenvalue weighted by Gasteiger charge is 2.34. The van der Waals surface area contributed by atoms with Gasteiger partial charge in [-0.05, 0) is 36.8 Å². The van der Waals surface area contributed by atoms with E-state index in [-0.39, 0.29) is 23.9 Å². The Labute approximate surface area is 223 Å². The van der Waals surface area contributed by atoms with E-state index in [1.54, 1.807) is 6.20 Å². The quantitative estimate of drug-likeness (QED) is 0.513. The normalized spacial score (nSPS) is 19.5. The third-order valence-electron chi connectivity index (χ3n) is 7.87. The smallest absolute Gasteiger partial charge is 0.254 e. The average molecular weight is 526 g/mol. The van der Waals surface area contributed by atoms with Crippen LogP contribution in [0.4, 0.5) is 5.95 Å². The standard InChI is InChI=1S/C28H36ClN5O3/c1-18(35)30-15-23(13-19-5-3-2-4-6-19)34-17-21-8-7-20(14-24(21)27(34)36)26-25(29)16-31-28(33-26)32-22-9-11-37-12-10-22/h7-8,14,16,19,22-23H,2-6,9-13,15,17H2,1H3,(H,30,35)(H,31,32,33). The van der Waals surface area contributed by atoms with E-state index in [0.717, 1.165) is 43.6 Å². The van der Waals surface area contributed by atoms with E-state index in [9.17, 15) is 9.59 Å². The van der Waals surface area contributed by atoms with E-state index in [4.69, 9.17) is 21.3 Å². The highest BCUT2D eigenvalue weighted by Crippen LogP contribution is 2.35. The number of benzene rings is 1. The number of rotatable bonds is 8. The molecule has 3 aliphatic rings. The fourth-order valence-electron chi connectivity index (χ4n) is 5.82. The molecule has 2 fully saturated rings. The number of hydrogen-bond donors (Lipinski definition) is 2. The summed E-state index contributed by atoms with van der Waals surface area (Å²) in [5.41, 5.74) is 3.08. The zero-order chi connectivity index (χ0) is 25.8. The van der Waals surface area contributed by atoms with Gasteiger partial charge in [-0.15, -0.1) is 0 Å². The van der Waals surface area contributed by atoms with Crippen LogP contribution < -0.4 is 10.6 Å². The van der Waals surface area contributed by atoms with E-state index >= 15 is 0 Å². The van der Waals surface area contributed by atoms with Gasteiger partial charge in [0.15, 0.2) is 0 Å². The van der Waals surface area contributed by atoms with Crippen molar-refractivity contribution < 1.29 is 14.3 Å². The molecule has 0 spiro atoms. The van der Waals surface area contributed by atoms with Gasteiger partial charge in [-0.1, -0.05) is 55.8 Å². The van der Waals surface area contributed by atoms with Crippen LogP contribution in [0.25, 0.3) is 11.3 Å². The predicted octanol–water partition coefficient (Wildman–Crippen LogP) is 4.82. The number of anilines is 1. The van der Waals surface area contributed by atoms with Crippen molar-refractivity contribution in [1.29, 1.82) is 0 Å². The topological polar surface area (TPSA) is 96.5 Å². The van der Waals surface area contributed by atoms with Gasteiger partial charge in [0, 0.05) is 56.4 Å². The van der Waals surface area contributed by atoms with Crippen LogP contribution in [-0.2, 0) is 16.1 Å². The van der Waals surface area contributed by atoms with Gasteiger partial charge >= 0.3 is 0 Å². The molecule has 198 valence electrons. The third-order valence-corrected chi connectivity index (χ3v) is 8.15. The van der Waals surface area contributed by atoms with E-state index in [2.05, 4.69) is 15.6 Å². The minimum Gasteiger partial charge on any atom is -0.381 e. The maximum Gasteiger partial charge on any atom is 0.254 e. The first-order chi connectivity index (χ1) is 18.0. The number of nitrogens with zero attached hydrogens (tertiary/aromatic N) is 3. The number of aromatic nitrogens is 2. The first-order valence-corrected chi connectivity index (χ1v) is 13.9. The maximum absolute atomic E-state index is 13.6. The van der Waals surface area contributed by atoms with Crippen LogP contribution in [0.3, 0.4) is 0 Å². The Kier molecular flexibility index (Phi) is 8.25. The van der Waals surface area contributed by atoms with Crippen molar-refractivity contribution in [2.75, 3.05) is 25.1 Å². The lowest BCUT2D eigenvalue weighted by molar-refractivity contribution is -0.119.